The molecule has 0 amide bonds. The minimum absolute atomic E-state index is 0.413. The Bertz CT molecular complexity index is 290. The summed E-state index contributed by atoms with van der Waals surface area (Å²) in [5.74, 6) is 0. The van der Waals surface area contributed by atoms with Crippen LogP contribution in [0.2, 0.25) is 0 Å². The van der Waals surface area contributed by atoms with E-state index in [0.717, 1.165) is 6.54 Å². The largest absolute Gasteiger partial charge is 0.306 e. The zero-order valence-electron chi connectivity index (χ0n) is 8.59. The number of hydrogen-bond acceptors (Lipinski definition) is 2. The van der Waals surface area contributed by atoms with Gasteiger partial charge in [-0.05, 0) is 32.3 Å². The molecule has 0 aromatic carbocycles. The summed E-state index contributed by atoms with van der Waals surface area (Å²) in [6, 6.07) is 0. The lowest BCUT2D eigenvalue weighted by Gasteiger charge is -2.11. The Morgan fingerprint density at radius 3 is 2.77 bits per heavy atom. The monoisotopic (exact) mass is 179 g/mol. The molecule has 1 heterocycles. The maximum atomic E-state index is 4.21. The van der Waals surface area contributed by atoms with Crippen LogP contribution in [-0.2, 0) is 13.6 Å². The Labute approximate surface area is 79.1 Å². The molecule has 1 aliphatic rings. The van der Waals surface area contributed by atoms with E-state index >= 15 is 0 Å². The highest BCUT2D eigenvalue weighted by Gasteiger charge is 2.36. The van der Waals surface area contributed by atoms with Gasteiger partial charge in [0.15, 0.2) is 0 Å². The molecule has 1 aliphatic carbocycles. The SMILES string of the molecule is Cc1cnn(C)c1CNC1(C)CC1. The minimum Gasteiger partial charge on any atom is -0.306 e. The normalized spacial score (nSPS) is 19.0. The third-order valence-electron chi connectivity index (χ3n) is 2.95. The molecule has 1 N–H and O–H groups in total. The van der Waals surface area contributed by atoms with Crippen molar-refractivity contribution in [3.63, 3.8) is 0 Å². The molecule has 0 radical (unpaired) electrons. The number of hydrogen-bond donors (Lipinski definition) is 1. The van der Waals surface area contributed by atoms with Crippen LogP contribution < -0.4 is 5.32 Å². The first-order valence-corrected chi connectivity index (χ1v) is 4.83. The lowest BCUT2D eigenvalue weighted by Crippen LogP contribution is -2.28. The first-order chi connectivity index (χ1) is 6.11. The van der Waals surface area contributed by atoms with Crippen molar-refractivity contribution in [3.05, 3.63) is 17.5 Å². The average Bonchev–Trinajstić information content (AvgIpc) is 2.72. The fraction of sp³-hybridized carbons (Fsp3) is 0.700. The van der Waals surface area contributed by atoms with Crippen LogP contribution in [0.15, 0.2) is 6.20 Å². The van der Waals surface area contributed by atoms with Crippen LogP contribution in [0.1, 0.15) is 31.0 Å². The molecular formula is C10H17N3. The van der Waals surface area contributed by atoms with Crippen LogP contribution in [0.4, 0.5) is 0 Å². The van der Waals surface area contributed by atoms with E-state index in [2.05, 4.69) is 24.3 Å². The van der Waals surface area contributed by atoms with Crippen LogP contribution in [-0.4, -0.2) is 15.3 Å². The number of nitrogens with one attached hydrogen (secondary N) is 1. The van der Waals surface area contributed by atoms with Gasteiger partial charge < -0.3 is 5.32 Å². The van der Waals surface area contributed by atoms with Gasteiger partial charge in [0.2, 0.25) is 0 Å². The number of nitrogens with zero attached hydrogens (tertiary/aromatic N) is 2. The molecule has 1 aromatic rings. The minimum atomic E-state index is 0.413. The van der Waals surface area contributed by atoms with Crippen LogP contribution >= 0.6 is 0 Å². The van der Waals surface area contributed by atoms with E-state index in [0.29, 0.717) is 5.54 Å². The van der Waals surface area contributed by atoms with E-state index < -0.39 is 0 Å². The summed E-state index contributed by atoms with van der Waals surface area (Å²) in [6.45, 7) is 5.33. The molecular weight excluding hydrogens is 162 g/mol. The van der Waals surface area contributed by atoms with E-state index in [1.54, 1.807) is 0 Å². The van der Waals surface area contributed by atoms with E-state index in [1.165, 1.54) is 24.1 Å². The van der Waals surface area contributed by atoms with E-state index in [4.69, 9.17) is 0 Å². The molecule has 1 aromatic heterocycles. The molecule has 0 bridgehead atoms. The quantitative estimate of drug-likeness (QED) is 0.759. The Balaban J connectivity index is 2.00. The van der Waals surface area contributed by atoms with Crippen LogP contribution in [0.5, 0.6) is 0 Å². The van der Waals surface area contributed by atoms with Gasteiger partial charge >= 0.3 is 0 Å². The Morgan fingerprint density at radius 2 is 2.31 bits per heavy atom. The van der Waals surface area contributed by atoms with Crippen molar-refractivity contribution >= 4 is 0 Å². The molecule has 0 aliphatic heterocycles. The van der Waals surface area contributed by atoms with Crippen molar-refractivity contribution < 1.29 is 0 Å². The third kappa shape index (κ3) is 1.75. The molecule has 3 nitrogen and oxygen atoms in total. The fourth-order valence-electron chi connectivity index (χ4n) is 1.49. The van der Waals surface area contributed by atoms with Gasteiger partial charge in [-0.2, -0.15) is 5.10 Å². The predicted octanol–water partition coefficient (Wildman–Crippen LogP) is 1.37. The van der Waals surface area contributed by atoms with E-state index in [-0.39, 0.29) is 0 Å². The molecule has 0 saturated heterocycles. The van der Waals surface area contributed by atoms with Gasteiger partial charge in [-0.15, -0.1) is 0 Å². The first-order valence-electron chi connectivity index (χ1n) is 4.83. The lowest BCUT2D eigenvalue weighted by molar-refractivity contribution is 0.516. The van der Waals surface area contributed by atoms with Gasteiger partial charge in [-0.3, -0.25) is 4.68 Å². The highest BCUT2D eigenvalue weighted by molar-refractivity contribution is 5.16. The molecule has 2 rings (SSSR count). The third-order valence-corrected chi connectivity index (χ3v) is 2.95. The average molecular weight is 179 g/mol. The number of rotatable bonds is 3. The molecule has 1 fully saturated rings. The van der Waals surface area contributed by atoms with Gasteiger partial charge in [0.05, 0.1) is 11.9 Å². The van der Waals surface area contributed by atoms with E-state index in [1.807, 2.05) is 17.9 Å². The molecule has 0 spiro atoms. The fourth-order valence-corrected chi connectivity index (χ4v) is 1.49. The van der Waals surface area contributed by atoms with Gasteiger partial charge in [-0.1, -0.05) is 0 Å². The van der Waals surface area contributed by atoms with Gasteiger partial charge in [-0.25, -0.2) is 0 Å². The summed E-state index contributed by atoms with van der Waals surface area (Å²) in [7, 11) is 2.00. The zero-order valence-corrected chi connectivity index (χ0v) is 8.59. The Kier molecular flexibility index (Phi) is 1.91. The lowest BCUT2D eigenvalue weighted by atomic mass is 10.2. The van der Waals surface area contributed by atoms with Gasteiger partial charge in [0.25, 0.3) is 0 Å². The molecule has 0 unspecified atom stereocenters. The molecule has 13 heavy (non-hydrogen) atoms. The van der Waals surface area contributed by atoms with Crippen molar-refractivity contribution in [1.29, 1.82) is 0 Å². The van der Waals surface area contributed by atoms with Crippen molar-refractivity contribution in [2.24, 2.45) is 7.05 Å². The Hall–Kier alpha value is -0.830. The van der Waals surface area contributed by atoms with Crippen molar-refractivity contribution in [2.45, 2.75) is 38.8 Å². The predicted molar refractivity (Wildman–Crippen MR) is 52.4 cm³/mol. The van der Waals surface area contributed by atoms with Crippen molar-refractivity contribution in [1.82, 2.24) is 15.1 Å². The highest BCUT2D eigenvalue weighted by Crippen LogP contribution is 2.34. The topological polar surface area (TPSA) is 29.9 Å². The Morgan fingerprint density at radius 1 is 1.62 bits per heavy atom. The second kappa shape index (κ2) is 2.84. The summed E-state index contributed by atoms with van der Waals surface area (Å²) in [5.41, 5.74) is 2.99. The second-order valence-electron chi connectivity index (χ2n) is 4.31. The maximum Gasteiger partial charge on any atom is 0.0548 e. The number of aromatic nitrogens is 2. The van der Waals surface area contributed by atoms with Gasteiger partial charge in [0.1, 0.15) is 0 Å². The summed E-state index contributed by atoms with van der Waals surface area (Å²) >= 11 is 0. The molecule has 1 saturated carbocycles. The van der Waals surface area contributed by atoms with Crippen LogP contribution in [0.25, 0.3) is 0 Å². The first kappa shape index (κ1) is 8.75. The van der Waals surface area contributed by atoms with Crippen molar-refractivity contribution in [3.8, 4) is 0 Å². The molecule has 3 heteroatoms. The standard InChI is InChI=1S/C10H17N3/c1-8-6-12-13(3)9(8)7-11-10(2)4-5-10/h6,11H,4-5,7H2,1-3H3. The van der Waals surface area contributed by atoms with Crippen LogP contribution in [0, 0.1) is 6.92 Å². The number of aryl methyl sites for hydroxylation is 2. The molecule has 72 valence electrons. The highest BCUT2D eigenvalue weighted by atomic mass is 15.3. The summed E-state index contributed by atoms with van der Waals surface area (Å²) in [4.78, 5) is 0. The summed E-state index contributed by atoms with van der Waals surface area (Å²) in [5, 5.41) is 7.77. The second-order valence-corrected chi connectivity index (χ2v) is 4.31. The summed E-state index contributed by atoms with van der Waals surface area (Å²) < 4.78 is 1.95. The maximum absolute atomic E-state index is 4.21. The van der Waals surface area contributed by atoms with E-state index in [9.17, 15) is 0 Å². The summed E-state index contributed by atoms with van der Waals surface area (Å²) in [6.07, 6.45) is 4.54. The van der Waals surface area contributed by atoms with Crippen molar-refractivity contribution in [2.75, 3.05) is 0 Å². The smallest absolute Gasteiger partial charge is 0.0548 e. The van der Waals surface area contributed by atoms with Gasteiger partial charge in [0, 0.05) is 19.1 Å². The van der Waals surface area contributed by atoms with Crippen LogP contribution in [0.3, 0.4) is 0 Å². The zero-order chi connectivity index (χ0) is 9.47. The molecule has 0 atom stereocenters.